The fraction of sp³-hybridized carbons (Fsp3) is 0.179. The van der Waals surface area contributed by atoms with E-state index in [1.165, 1.54) is 38.7 Å². The molecule has 0 bridgehead atoms. The van der Waals surface area contributed by atoms with Crippen LogP contribution < -0.4 is 4.57 Å². The Labute approximate surface area is 173 Å². The van der Waals surface area contributed by atoms with E-state index in [9.17, 15) is 0 Å². The minimum atomic E-state index is 0.0661. The fourth-order valence-electron chi connectivity index (χ4n) is 4.89. The molecular formula is C28H26N+. The Balaban J connectivity index is 1.91. The zero-order valence-corrected chi connectivity index (χ0v) is 17.1. The van der Waals surface area contributed by atoms with Crippen LogP contribution in [0.5, 0.6) is 0 Å². The van der Waals surface area contributed by atoms with Crippen molar-refractivity contribution in [1.29, 1.82) is 0 Å². The standard InChI is InChI=1S/C28H26N/c1-3-28(4-2)18-19-29-20-25(21-12-6-5-7-13-21)22-14-8-9-15-23(22)27(29)24-16-10-11-17-26(24)28/h5-20H,3-4H2,1-2H3/q+1. The van der Waals surface area contributed by atoms with Gasteiger partial charge in [-0.2, -0.15) is 4.57 Å². The molecule has 4 aromatic rings. The molecule has 0 unspecified atom stereocenters. The van der Waals surface area contributed by atoms with E-state index >= 15 is 0 Å². The molecule has 1 nitrogen and oxygen atoms in total. The van der Waals surface area contributed by atoms with Crippen molar-refractivity contribution < 1.29 is 4.57 Å². The number of benzene rings is 3. The second kappa shape index (κ2) is 7.00. The fourth-order valence-corrected chi connectivity index (χ4v) is 4.89. The van der Waals surface area contributed by atoms with E-state index < -0.39 is 0 Å². The van der Waals surface area contributed by atoms with Crippen molar-refractivity contribution in [2.45, 2.75) is 32.1 Å². The molecule has 0 fully saturated rings. The molecule has 0 aliphatic carbocycles. The number of nitrogens with zero attached hydrogens (tertiary/aromatic N) is 1. The Kier molecular flexibility index (Phi) is 4.32. The van der Waals surface area contributed by atoms with Crippen LogP contribution in [-0.2, 0) is 5.41 Å². The van der Waals surface area contributed by atoms with Crippen LogP contribution in [-0.4, -0.2) is 0 Å². The zero-order valence-electron chi connectivity index (χ0n) is 17.1. The van der Waals surface area contributed by atoms with Gasteiger partial charge in [0.2, 0.25) is 5.69 Å². The van der Waals surface area contributed by atoms with E-state index in [0.717, 1.165) is 12.8 Å². The summed E-state index contributed by atoms with van der Waals surface area (Å²) in [6.07, 6.45) is 9.21. The summed E-state index contributed by atoms with van der Waals surface area (Å²) in [7, 11) is 0. The van der Waals surface area contributed by atoms with Crippen molar-refractivity contribution in [1.82, 2.24) is 0 Å². The quantitative estimate of drug-likeness (QED) is 0.339. The van der Waals surface area contributed by atoms with Crippen LogP contribution in [0.25, 0.3) is 39.4 Å². The van der Waals surface area contributed by atoms with Gasteiger partial charge in [-0.1, -0.05) is 80.6 Å². The first-order valence-corrected chi connectivity index (χ1v) is 10.6. The maximum Gasteiger partial charge on any atom is 0.226 e. The van der Waals surface area contributed by atoms with E-state index in [4.69, 9.17) is 0 Å². The van der Waals surface area contributed by atoms with Crippen LogP contribution in [0.15, 0.2) is 91.1 Å². The molecular weight excluding hydrogens is 350 g/mol. The SMILES string of the molecule is CCC1(CC)C=C[n+]2cc(-c3ccccc3)c3ccccc3c2-c2ccccc21. The van der Waals surface area contributed by atoms with Crippen molar-refractivity contribution in [3.05, 3.63) is 96.7 Å². The topological polar surface area (TPSA) is 3.88 Å². The van der Waals surface area contributed by atoms with Crippen LogP contribution in [0.2, 0.25) is 0 Å². The number of hydrogen-bond donors (Lipinski definition) is 0. The molecule has 0 spiro atoms. The largest absolute Gasteiger partial charge is 0.226 e. The maximum atomic E-state index is 2.42. The minimum absolute atomic E-state index is 0.0661. The van der Waals surface area contributed by atoms with Gasteiger partial charge in [0.15, 0.2) is 12.4 Å². The van der Waals surface area contributed by atoms with Crippen molar-refractivity contribution in [2.24, 2.45) is 0 Å². The maximum absolute atomic E-state index is 2.42. The van der Waals surface area contributed by atoms with Crippen LogP contribution in [0.1, 0.15) is 32.3 Å². The lowest BCUT2D eigenvalue weighted by atomic mass is 9.74. The van der Waals surface area contributed by atoms with Crippen LogP contribution in [0, 0.1) is 0 Å². The third kappa shape index (κ3) is 2.73. The molecule has 0 atom stereocenters. The van der Waals surface area contributed by atoms with Crippen molar-refractivity contribution in [3.8, 4) is 22.4 Å². The summed E-state index contributed by atoms with van der Waals surface area (Å²) in [6, 6.07) is 28.5. The van der Waals surface area contributed by atoms with Gasteiger partial charge < -0.3 is 0 Å². The number of pyridine rings is 1. The molecule has 1 aliphatic heterocycles. The highest BCUT2D eigenvalue weighted by molar-refractivity contribution is 6.02. The molecule has 0 amide bonds. The highest BCUT2D eigenvalue weighted by Crippen LogP contribution is 2.43. The van der Waals surface area contributed by atoms with E-state index in [1.54, 1.807) is 0 Å². The van der Waals surface area contributed by atoms with Crippen molar-refractivity contribution >= 4 is 17.0 Å². The first-order chi connectivity index (χ1) is 14.3. The van der Waals surface area contributed by atoms with Crippen LogP contribution in [0.3, 0.4) is 0 Å². The summed E-state index contributed by atoms with van der Waals surface area (Å²) in [6.45, 7) is 4.61. The summed E-state index contributed by atoms with van der Waals surface area (Å²) >= 11 is 0. The monoisotopic (exact) mass is 376 g/mol. The number of fused-ring (bicyclic) bond motifs is 5. The van der Waals surface area contributed by atoms with Gasteiger partial charge >= 0.3 is 0 Å². The lowest BCUT2D eigenvalue weighted by molar-refractivity contribution is -0.554. The minimum Gasteiger partial charge on any atom is -0.166 e. The van der Waals surface area contributed by atoms with Gasteiger partial charge in [0.05, 0.1) is 16.5 Å². The predicted molar refractivity (Wildman–Crippen MR) is 123 cm³/mol. The van der Waals surface area contributed by atoms with E-state index in [0.29, 0.717) is 0 Å². The van der Waals surface area contributed by atoms with Gasteiger partial charge in [-0.3, -0.25) is 0 Å². The molecule has 142 valence electrons. The smallest absolute Gasteiger partial charge is 0.166 e. The molecule has 2 heterocycles. The molecule has 0 N–H and O–H groups in total. The molecule has 1 heteroatoms. The van der Waals surface area contributed by atoms with Gasteiger partial charge in [-0.25, -0.2) is 0 Å². The first kappa shape index (κ1) is 17.9. The lowest BCUT2D eigenvalue weighted by Crippen LogP contribution is -2.29. The highest BCUT2D eigenvalue weighted by atomic mass is 14.9. The summed E-state index contributed by atoms with van der Waals surface area (Å²) in [5.41, 5.74) is 6.66. The zero-order chi connectivity index (χ0) is 19.8. The summed E-state index contributed by atoms with van der Waals surface area (Å²) in [5, 5.41) is 2.60. The summed E-state index contributed by atoms with van der Waals surface area (Å²) in [4.78, 5) is 0. The number of rotatable bonds is 3. The molecule has 1 aliphatic rings. The molecule has 0 radical (unpaired) electrons. The lowest BCUT2D eigenvalue weighted by Gasteiger charge is -2.28. The Morgan fingerprint density at radius 1 is 0.690 bits per heavy atom. The van der Waals surface area contributed by atoms with E-state index in [1.807, 2.05) is 0 Å². The second-order valence-electron chi connectivity index (χ2n) is 7.93. The predicted octanol–water partition coefficient (Wildman–Crippen LogP) is 7.00. The molecule has 29 heavy (non-hydrogen) atoms. The molecule has 0 saturated carbocycles. The third-order valence-electron chi connectivity index (χ3n) is 6.62. The third-order valence-corrected chi connectivity index (χ3v) is 6.62. The average Bonchev–Trinajstić information content (AvgIpc) is 2.94. The summed E-state index contributed by atoms with van der Waals surface area (Å²) < 4.78 is 2.34. The Morgan fingerprint density at radius 3 is 2.10 bits per heavy atom. The van der Waals surface area contributed by atoms with Gasteiger partial charge in [-0.15, -0.1) is 0 Å². The van der Waals surface area contributed by atoms with Crippen LogP contribution >= 0.6 is 0 Å². The van der Waals surface area contributed by atoms with Crippen molar-refractivity contribution in [2.75, 3.05) is 0 Å². The Hall–Kier alpha value is -3.19. The van der Waals surface area contributed by atoms with E-state index in [-0.39, 0.29) is 5.41 Å². The number of aromatic nitrogens is 1. The molecule has 3 aromatic carbocycles. The average molecular weight is 377 g/mol. The molecule has 5 rings (SSSR count). The normalized spacial score (nSPS) is 14.3. The second-order valence-corrected chi connectivity index (χ2v) is 7.93. The van der Waals surface area contributed by atoms with Crippen molar-refractivity contribution in [3.63, 3.8) is 0 Å². The van der Waals surface area contributed by atoms with Gasteiger partial charge in [0, 0.05) is 10.8 Å². The number of hydrogen-bond acceptors (Lipinski definition) is 0. The number of allylic oxidation sites excluding steroid dienone is 1. The van der Waals surface area contributed by atoms with Gasteiger partial charge in [0.1, 0.15) is 0 Å². The Bertz CT molecular complexity index is 1210. The van der Waals surface area contributed by atoms with Gasteiger partial charge in [-0.05, 0) is 42.2 Å². The van der Waals surface area contributed by atoms with Gasteiger partial charge in [0.25, 0.3) is 0 Å². The Morgan fingerprint density at radius 2 is 1.34 bits per heavy atom. The highest BCUT2D eigenvalue weighted by Gasteiger charge is 2.35. The first-order valence-electron chi connectivity index (χ1n) is 10.6. The summed E-state index contributed by atoms with van der Waals surface area (Å²) in [5.74, 6) is 0. The van der Waals surface area contributed by atoms with Crippen LogP contribution in [0.4, 0.5) is 0 Å². The molecule has 1 aromatic heterocycles. The van der Waals surface area contributed by atoms with E-state index in [2.05, 4.69) is 116 Å². The molecule has 0 saturated heterocycles.